The van der Waals surface area contributed by atoms with E-state index in [1.807, 2.05) is 31.2 Å². The predicted molar refractivity (Wildman–Crippen MR) is 135 cm³/mol. The lowest BCUT2D eigenvalue weighted by atomic mass is 10.1. The third-order valence-electron chi connectivity index (χ3n) is 6.32. The molecule has 1 amide bonds. The lowest BCUT2D eigenvalue weighted by molar-refractivity contribution is -0.384. The number of benzene rings is 3. The largest absolute Gasteiger partial charge is 0.368 e. The smallest absolute Gasteiger partial charge is 0.272 e. The molecule has 4 aromatic rings. The fourth-order valence-corrected chi connectivity index (χ4v) is 4.41. The SMILES string of the molecule is Cc1cccc(-n2nc(-c3ccccc3F)cc2C(=O)N2CCN(c3ccc([N+](=O)[O-])cc3)CC2)c1. The second-order valence-corrected chi connectivity index (χ2v) is 8.70. The molecule has 9 heteroatoms. The van der Waals surface area contributed by atoms with E-state index in [4.69, 9.17) is 0 Å². The average Bonchev–Trinajstić information content (AvgIpc) is 3.34. The number of anilines is 1. The number of aryl methyl sites for hydroxylation is 1. The normalized spacial score (nSPS) is 13.6. The van der Waals surface area contributed by atoms with Crippen molar-refractivity contribution in [3.8, 4) is 16.9 Å². The van der Waals surface area contributed by atoms with E-state index in [-0.39, 0.29) is 11.6 Å². The maximum Gasteiger partial charge on any atom is 0.272 e. The Hall–Kier alpha value is -4.53. The van der Waals surface area contributed by atoms with Gasteiger partial charge >= 0.3 is 0 Å². The van der Waals surface area contributed by atoms with Crippen molar-refractivity contribution in [3.63, 3.8) is 0 Å². The summed E-state index contributed by atoms with van der Waals surface area (Å²) in [6.07, 6.45) is 0. The molecule has 182 valence electrons. The Balaban J connectivity index is 1.41. The first-order valence-corrected chi connectivity index (χ1v) is 11.6. The zero-order chi connectivity index (χ0) is 25.2. The second-order valence-electron chi connectivity index (χ2n) is 8.70. The van der Waals surface area contributed by atoms with Gasteiger partial charge in [-0.05, 0) is 55.0 Å². The van der Waals surface area contributed by atoms with Crippen LogP contribution in [0.3, 0.4) is 0 Å². The van der Waals surface area contributed by atoms with E-state index in [0.29, 0.717) is 43.1 Å². The minimum Gasteiger partial charge on any atom is -0.368 e. The van der Waals surface area contributed by atoms with Crippen LogP contribution in [-0.2, 0) is 0 Å². The van der Waals surface area contributed by atoms with Crippen molar-refractivity contribution < 1.29 is 14.1 Å². The van der Waals surface area contributed by atoms with Crippen LogP contribution in [0.2, 0.25) is 0 Å². The van der Waals surface area contributed by atoms with E-state index >= 15 is 0 Å². The summed E-state index contributed by atoms with van der Waals surface area (Å²) in [5.41, 5.74) is 3.75. The number of carbonyl (C=O) groups excluding carboxylic acids is 1. The summed E-state index contributed by atoms with van der Waals surface area (Å²) in [5.74, 6) is -0.586. The first-order valence-electron chi connectivity index (χ1n) is 11.6. The van der Waals surface area contributed by atoms with Gasteiger partial charge in [-0.15, -0.1) is 0 Å². The van der Waals surface area contributed by atoms with Crippen molar-refractivity contribution in [2.45, 2.75) is 6.92 Å². The highest BCUT2D eigenvalue weighted by molar-refractivity contribution is 5.94. The van der Waals surface area contributed by atoms with Crippen molar-refractivity contribution in [1.82, 2.24) is 14.7 Å². The van der Waals surface area contributed by atoms with Crippen LogP contribution in [0, 0.1) is 22.9 Å². The van der Waals surface area contributed by atoms with Crippen molar-refractivity contribution in [2.75, 3.05) is 31.1 Å². The van der Waals surface area contributed by atoms with Crippen LogP contribution < -0.4 is 4.90 Å². The number of carbonyl (C=O) groups is 1. The zero-order valence-corrected chi connectivity index (χ0v) is 19.7. The average molecular weight is 486 g/mol. The zero-order valence-electron chi connectivity index (χ0n) is 19.7. The van der Waals surface area contributed by atoms with E-state index in [0.717, 1.165) is 16.9 Å². The van der Waals surface area contributed by atoms with Gasteiger partial charge < -0.3 is 9.80 Å². The molecule has 0 saturated carbocycles. The number of piperazine rings is 1. The Kier molecular flexibility index (Phi) is 6.20. The fraction of sp³-hybridized carbons (Fsp3) is 0.185. The van der Waals surface area contributed by atoms with E-state index in [1.165, 1.54) is 18.2 Å². The predicted octanol–water partition coefficient (Wildman–Crippen LogP) is 4.86. The maximum atomic E-state index is 14.5. The molecule has 0 atom stereocenters. The molecule has 1 fully saturated rings. The number of halogens is 1. The summed E-state index contributed by atoms with van der Waals surface area (Å²) >= 11 is 0. The number of rotatable bonds is 5. The minimum absolute atomic E-state index is 0.0441. The number of non-ortho nitro benzene ring substituents is 1. The molecule has 1 aliphatic heterocycles. The van der Waals surface area contributed by atoms with Gasteiger partial charge in [0.05, 0.1) is 16.3 Å². The second kappa shape index (κ2) is 9.61. The molecule has 0 radical (unpaired) electrons. The molecule has 1 aromatic heterocycles. The Morgan fingerprint density at radius 1 is 0.917 bits per heavy atom. The third-order valence-corrected chi connectivity index (χ3v) is 6.32. The molecule has 0 N–H and O–H groups in total. The van der Waals surface area contributed by atoms with E-state index in [2.05, 4.69) is 10.00 Å². The summed E-state index contributed by atoms with van der Waals surface area (Å²) < 4.78 is 16.1. The lowest BCUT2D eigenvalue weighted by Gasteiger charge is -2.36. The lowest BCUT2D eigenvalue weighted by Crippen LogP contribution is -2.49. The maximum absolute atomic E-state index is 14.5. The molecule has 0 aliphatic carbocycles. The van der Waals surface area contributed by atoms with Gasteiger partial charge in [0.15, 0.2) is 0 Å². The number of hydrogen-bond donors (Lipinski definition) is 0. The Morgan fingerprint density at radius 3 is 2.31 bits per heavy atom. The van der Waals surface area contributed by atoms with Crippen LogP contribution in [0.15, 0.2) is 78.9 Å². The number of nitrogens with zero attached hydrogens (tertiary/aromatic N) is 5. The Morgan fingerprint density at radius 2 is 1.64 bits per heavy atom. The van der Waals surface area contributed by atoms with Crippen LogP contribution in [0.25, 0.3) is 16.9 Å². The van der Waals surface area contributed by atoms with E-state index in [9.17, 15) is 19.3 Å². The number of aromatic nitrogens is 2. The van der Waals surface area contributed by atoms with Crippen LogP contribution in [0.5, 0.6) is 0 Å². The molecule has 2 heterocycles. The van der Waals surface area contributed by atoms with Gasteiger partial charge in [0, 0.05) is 49.6 Å². The quantitative estimate of drug-likeness (QED) is 0.298. The van der Waals surface area contributed by atoms with Crippen molar-refractivity contribution in [2.24, 2.45) is 0 Å². The molecule has 1 saturated heterocycles. The number of amides is 1. The molecule has 1 aliphatic rings. The van der Waals surface area contributed by atoms with E-state index < -0.39 is 10.7 Å². The molecule has 36 heavy (non-hydrogen) atoms. The monoisotopic (exact) mass is 485 g/mol. The Bertz CT molecular complexity index is 1430. The number of hydrogen-bond acceptors (Lipinski definition) is 5. The molecule has 5 rings (SSSR count). The van der Waals surface area contributed by atoms with Crippen molar-refractivity contribution >= 4 is 17.3 Å². The van der Waals surface area contributed by atoms with Crippen LogP contribution in [-0.4, -0.2) is 51.7 Å². The molecule has 0 bridgehead atoms. The summed E-state index contributed by atoms with van der Waals surface area (Å²) in [7, 11) is 0. The summed E-state index contributed by atoms with van der Waals surface area (Å²) in [4.78, 5) is 28.0. The van der Waals surface area contributed by atoms with Gasteiger partial charge in [0.1, 0.15) is 11.5 Å². The number of nitro benzene ring substituents is 1. The highest BCUT2D eigenvalue weighted by Gasteiger charge is 2.27. The molecule has 3 aromatic carbocycles. The third kappa shape index (κ3) is 4.55. The fourth-order valence-electron chi connectivity index (χ4n) is 4.41. The molecular formula is C27H24FN5O3. The van der Waals surface area contributed by atoms with Gasteiger partial charge in [0.2, 0.25) is 0 Å². The topological polar surface area (TPSA) is 84.5 Å². The van der Waals surface area contributed by atoms with Gasteiger partial charge in [-0.1, -0.05) is 24.3 Å². The van der Waals surface area contributed by atoms with Gasteiger partial charge in [-0.3, -0.25) is 14.9 Å². The van der Waals surface area contributed by atoms with Crippen LogP contribution in [0.1, 0.15) is 16.1 Å². The molecule has 0 unspecified atom stereocenters. The first kappa shape index (κ1) is 23.2. The molecule has 0 spiro atoms. The highest BCUT2D eigenvalue weighted by atomic mass is 19.1. The van der Waals surface area contributed by atoms with Gasteiger partial charge in [-0.25, -0.2) is 9.07 Å². The van der Waals surface area contributed by atoms with Gasteiger partial charge in [0.25, 0.3) is 11.6 Å². The molecular weight excluding hydrogens is 461 g/mol. The van der Waals surface area contributed by atoms with Crippen molar-refractivity contribution in [1.29, 1.82) is 0 Å². The summed E-state index contributed by atoms with van der Waals surface area (Å²) in [5, 5.41) is 15.5. The van der Waals surface area contributed by atoms with Crippen LogP contribution >= 0.6 is 0 Å². The standard InChI is InChI=1S/C27H24FN5O3/c1-19-5-4-6-22(17-19)32-26(18-25(29-32)23-7-2-3-8-24(23)28)27(34)31-15-13-30(14-16-31)20-9-11-21(12-10-20)33(35)36/h2-12,17-18H,13-16H2,1H3. The summed E-state index contributed by atoms with van der Waals surface area (Å²) in [6, 6.07) is 22.1. The van der Waals surface area contributed by atoms with E-state index in [1.54, 1.807) is 46.0 Å². The summed E-state index contributed by atoms with van der Waals surface area (Å²) in [6.45, 7) is 4.09. The Labute approximate surface area is 207 Å². The highest BCUT2D eigenvalue weighted by Crippen LogP contribution is 2.26. The molecule has 8 nitrogen and oxygen atoms in total. The van der Waals surface area contributed by atoms with Crippen LogP contribution in [0.4, 0.5) is 15.8 Å². The van der Waals surface area contributed by atoms with Gasteiger partial charge in [-0.2, -0.15) is 5.10 Å². The van der Waals surface area contributed by atoms with Crippen molar-refractivity contribution in [3.05, 3.63) is 106 Å². The first-order chi connectivity index (χ1) is 17.4. The number of nitro groups is 1. The minimum atomic E-state index is -0.423.